The van der Waals surface area contributed by atoms with Gasteiger partial charge >= 0.3 is 5.97 Å². The second-order valence-corrected chi connectivity index (χ2v) is 15.2. The minimum absolute atomic E-state index is 0.0914. The average molecular weight is 802 g/mol. The number of ether oxygens (including phenoxy) is 2. The van der Waals surface area contributed by atoms with Crippen molar-refractivity contribution in [3.8, 4) is 29.1 Å². The number of carbonyl (C=O) groups excluding carboxylic acids is 1. The fourth-order valence-corrected chi connectivity index (χ4v) is 8.44. The number of carbonyl (C=O) groups is 1. The van der Waals surface area contributed by atoms with Gasteiger partial charge in [-0.1, -0.05) is 30.2 Å². The molecule has 0 radical (unpaired) electrons. The smallest absolute Gasteiger partial charge is 0.334 e. The number of esters is 1. The Morgan fingerprint density at radius 2 is 1.92 bits per heavy atom. The number of nitrogens with two attached hydrogens (primary N) is 2. The first-order chi connectivity index (χ1) is 28.4. The summed E-state index contributed by atoms with van der Waals surface area (Å²) < 4.78 is 20.0. The number of fused-ring (bicyclic) bond motifs is 3. The molecule has 59 heavy (non-hydrogen) atoms. The summed E-state index contributed by atoms with van der Waals surface area (Å²) in [6.07, 6.45) is 4.56. The van der Waals surface area contributed by atoms with Crippen molar-refractivity contribution < 1.29 is 39.1 Å². The van der Waals surface area contributed by atoms with Gasteiger partial charge in [-0.15, -0.1) is 5.92 Å². The lowest BCUT2D eigenvalue weighted by atomic mass is 9.63. The molecule has 0 saturated heterocycles. The van der Waals surface area contributed by atoms with Crippen LogP contribution in [0.4, 0.5) is 11.6 Å². The summed E-state index contributed by atoms with van der Waals surface area (Å²) in [5, 5.41) is 48.1. The Balaban J connectivity index is 1.61. The highest BCUT2D eigenvalue weighted by Gasteiger charge is 2.54. The molecule has 5 atom stereocenters. The van der Waals surface area contributed by atoms with Gasteiger partial charge in [0.2, 0.25) is 0 Å². The highest BCUT2D eigenvalue weighted by atomic mass is 16.6. The number of aliphatic hydroxyl groups excluding tert-OH is 2. The van der Waals surface area contributed by atoms with Crippen molar-refractivity contribution in [1.29, 1.82) is 0 Å². The van der Waals surface area contributed by atoms with E-state index in [9.17, 15) is 30.0 Å². The summed E-state index contributed by atoms with van der Waals surface area (Å²) in [6, 6.07) is 14.3. The topological polar surface area (TPSA) is 237 Å². The zero-order valence-corrected chi connectivity index (χ0v) is 33.0. The van der Waals surface area contributed by atoms with Gasteiger partial charge in [0, 0.05) is 59.8 Å². The third-order valence-electron chi connectivity index (χ3n) is 11.6. The number of nitrogen functional groups attached to an aromatic ring is 2. The second kappa shape index (κ2) is 16.5. The quantitative estimate of drug-likeness (QED) is 0.0565. The number of nitrogens with zero attached hydrogens (tertiary/aromatic N) is 2. The van der Waals surface area contributed by atoms with Crippen LogP contribution in [0.25, 0.3) is 11.0 Å². The monoisotopic (exact) mass is 801 g/mol. The van der Waals surface area contributed by atoms with Crippen LogP contribution in [0.15, 0.2) is 87.9 Å². The van der Waals surface area contributed by atoms with Crippen LogP contribution in [0.3, 0.4) is 0 Å². The second-order valence-electron chi connectivity index (χ2n) is 15.2. The van der Waals surface area contributed by atoms with Crippen molar-refractivity contribution in [2.75, 3.05) is 31.7 Å². The predicted octanol–water partition coefficient (Wildman–Crippen LogP) is 4.14. The van der Waals surface area contributed by atoms with E-state index in [0.717, 1.165) is 11.6 Å². The van der Waals surface area contributed by atoms with Crippen molar-refractivity contribution in [1.82, 2.24) is 15.3 Å². The van der Waals surface area contributed by atoms with Crippen LogP contribution >= 0.6 is 0 Å². The molecule has 14 nitrogen and oxygen atoms in total. The lowest BCUT2D eigenvalue weighted by Crippen LogP contribution is -2.57. The maximum atomic E-state index is 14.1. The Labute approximate surface area is 340 Å². The molecular formula is C45H47N5O9. The molecule has 0 fully saturated rings. The minimum atomic E-state index is -1.61. The molecule has 0 spiro atoms. The van der Waals surface area contributed by atoms with Crippen LogP contribution in [0.5, 0.6) is 17.2 Å². The maximum Gasteiger partial charge on any atom is 0.334 e. The van der Waals surface area contributed by atoms with E-state index < -0.39 is 59.3 Å². The van der Waals surface area contributed by atoms with Crippen LogP contribution in [-0.2, 0) is 34.4 Å². The molecule has 0 saturated carbocycles. The summed E-state index contributed by atoms with van der Waals surface area (Å²) >= 11 is 0. The molecule has 306 valence electrons. The largest absolute Gasteiger partial charge is 0.508 e. The van der Waals surface area contributed by atoms with Gasteiger partial charge in [-0.05, 0) is 87.3 Å². The Hall–Kier alpha value is -6.40. The zero-order valence-electron chi connectivity index (χ0n) is 33.0. The number of anilines is 2. The number of aromatic hydroxyl groups is 2. The molecule has 7 rings (SSSR count). The molecular weight excluding hydrogens is 755 g/mol. The lowest BCUT2D eigenvalue weighted by Gasteiger charge is -2.48. The highest BCUT2D eigenvalue weighted by molar-refractivity contribution is 5.92. The molecule has 0 aliphatic carbocycles. The van der Waals surface area contributed by atoms with E-state index in [1.807, 2.05) is 13.0 Å². The van der Waals surface area contributed by atoms with Gasteiger partial charge in [0.25, 0.3) is 0 Å². The fraction of sp³-hybridized carbons (Fsp3) is 0.333. The molecule has 2 aliphatic heterocycles. The van der Waals surface area contributed by atoms with E-state index >= 15 is 0 Å². The third kappa shape index (κ3) is 7.44. The Morgan fingerprint density at radius 3 is 2.59 bits per heavy atom. The normalized spacial score (nSPS) is 22.5. The van der Waals surface area contributed by atoms with E-state index in [0.29, 0.717) is 41.9 Å². The van der Waals surface area contributed by atoms with Gasteiger partial charge in [0.05, 0.1) is 12.0 Å². The molecule has 2 aromatic carbocycles. The van der Waals surface area contributed by atoms with Gasteiger partial charge in [-0.2, -0.15) is 0 Å². The average Bonchev–Trinajstić information content (AvgIpc) is 3.22. The van der Waals surface area contributed by atoms with Gasteiger partial charge in [-0.25, -0.2) is 14.8 Å². The molecule has 14 heteroatoms. The number of hydrogen-bond donors (Lipinski definition) is 7. The number of phenols is 2. The van der Waals surface area contributed by atoms with Gasteiger partial charge in [0.15, 0.2) is 5.43 Å². The van der Waals surface area contributed by atoms with Gasteiger partial charge in [-0.3, -0.25) is 4.79 Å². The molecule has 2 bridgehead atoms. The lowest BCUT2D eigenvalue weighted by molar-refractivity contribution is -0.164. The number of pyridine rings is 2. The third-order valence-corrected chi connectivity index (χ3v) is 11.6. The standard InChI is InChI=1S/C45H47N5O9/c1-4-26(12-15-48-3)43(56)58-34-21-32-40(55)37-33(54)20-31(23-51)57-42(37)38-39(27-13-16-49-36(47)18-27)45(24-52,29-7-5-9-30(53)19-29)14-6-8-28(44(34,2)59-41(32)38)17-25-10-11-35(46)50-22-25/h4-5,7,9-11,13,16,18-20,22,28,34,39,48,51-53,55H,8,12,15,17,21,23-24H2,1-3H3,(H2,46,50)(H2,47,49)/b26-4-/t28-,34-,39-,44+,45+/m1/s1. The number of allylic oxidation sites excluding steroid dienone is 1. The van der Waals surface area contributed by atoms with Crippen molar-refractivity contribution in [3.63, 3.8) is 0 Å². The molecule has 5 aromatic rings. The van der Waals surface area contributed by atoms with Crippen LogP contribution in [0.1, 0.15) is 66.2 Å². The number of phenolic OH excluding ortho intramolecular Hbond substituents is 2. The minimum Gasteiger partial charge on any atom is -0.508 e. The van der Waals surface area contributed by atoms with Crippen LogP contribution in [-0.4, -0.2) is 68.3 Å². The number of nitrogens with one attached hydrogen (secondary N) is 1. The van der Waals surface area contributed by atoms with E-state index in [4.69, 9.17) is 25.4 Å². The van der Waals surface area contributed by atoms with Crippen LogP contribution < -0.4 is 26.9 Å². The molecule has 9 N–H and O–H groups in total. The Bertz CT molecular complexity index is 2560. The summed E-state index contributed by atoms with van der Waals surface area (Å²) in [6.45, 7) is 2.83. The number of rotatable bonds is 11. The van der Waals surface area contributed by atoms with Gasteiger partial charge in [0.1, 0.15) is 63.9 Å². The molecule has 2 aliphatic rings. The number of hydrogen-bond acceptors (Lipinski definition) is 14. The van der Waals surface area contributed by atoms with E-state index in [-0.39, 0.29) is 58.0 Å². The molecule has 0 unspecified atom stereocenters. The molecule has 0 amide bonds. The Morgan fingerprint density at radius 1 is 1.10 bits per heavy atom. The highest BCUT2D eigenvalue weighted by Crippen LogP contribution is 2.56. The first-order valence-corrected chi connectivity index (χ1v) is 19.3. The summed E-state index contributed by atoms with van der Waals surface area (Å²) in [5.74, 6) is 4.51. The number of aromatic nitrogens is 2. The predicted molar refractivity (Wildman–Crippen MR) is 221 cm³/mol. The maximum absolute atomic E-state index is 14.1. The zero-order chi connectivity index (χ0) is 42.1. The van der Waals surface area contributed by atoms with Crippen LogP contribution in [0.2, 0.25) is 0 Å². The SMILES string of the molecule is C/C=C(/CCNC)C(=O)O[C@@H]1Cc2c3c(c4oc(CO)cc(=O)c4c2O)[C@@H](c2ccnc(N)c2)[C@@](CO)(c2cccc(O)c2)C#CC[C@H](Cc2ccc(N)nc2)[C@]1(C)O3. The fourth-order valence-electron chi connectivity index (χ4n) is 8.44. The molecule has 5 heterocycles. The first-order valence-electron chi connectivity index (χ1n) is 19.3. The number of aliphatic hydroxyl groups is 2. The van der Waals surface area contributed by atoms with E-state index in [2.05, 4.69) is 27.1 Å². The van der Waals surface area contributed by atoms with Crippen molar-refractivity contribution in [2.45, 2.75) is 69.2 Å². The first kappa shape index (κ1) is 40.8. The molecule has 3 aromatic heterocycles. The van der Waals surface area contributed by atoms with Gasteiger partial charge < -0.3 is 51.1 Å². The summed E-state index contributed by atoms with van der Waals surface area (Å²) in [4.78, 5) is 36.6. The Kier molecular flexibility index (Phi) is 11.4. The van der Waals surface area contributed by atoms with E-state index in [1.54, 1.807) is 56.6 Å². The summed E-state index contributed by atoms with van der Waals surface area (Å²) in [7, 11) is 1.79. The van der Waals surface area contributed by atoms with Crippen molar-refractivity contribution >= 4 is 28.6 Å². The van der Waals surface area contributed by atoms with Crippen LogP contribution in [0, 0.1) is 17.8 Å². The van der Waals surface area contributed by atoms with Crippen molar-refractivity contribution in [2.24, 2.45) is 5.92 Å². The van der Waals surface area contributed by atoms with E-state index in [1.165, 1.54) is 18.3 Å². The van der Waals surface area contributed by atoms with Crippen molar-refractivity contribution in [3.05, 3.63) is 122 Å². The summed E-state index contributed by atoms with van der Waals surface area (Å²) in [5.41, 5.74) is 11.0. The number of benzene rings is 2.